The van der Waals surface area contributed by atoms with Crippen molar-refractivity contribution in [3.63, 3.8) is 0 Å². The van der Waals surface area contributed by atoms with Crippen molar-refractivity contribution in [2.45, 2.75) is 17.9 Å². The average Bonchev–Trinajstić information content (AvgIpc) is 2.94. The minimum Gasteiger partial charge on any atom is -0.497 e. The zero-order chi connectivity index (χ0) is 28.2. The molecule has 0 saturated carbocycles. The fraction of sp³-hybridized carbons (Fsp3) is 0.138. The van der Waals surface area contributed by atoms with Crippen LogP contribution in [0.25, 0.3) is 0 Å². The molecule has 10 heteroatoms. The van der Waals surface area contributed by atoms with E-state index in [0.717, 1.165) is 5.56 Å². The Morgan fingerprint density at radius 3 is 2.18 bits per heavy atom. The molecule has 7 nitrogen and oxygen atoms in total. The first kappa shape index (κ1) is 28.3. The van der Waals surface area contributed by atoms with E-state index in [1.165, 1.54) is 47.4 Å². The highest BCUT2D eigenvalue weighted by Crippen LogP contribution is 2.31. The molecule has 0 saturated heterocycles. The largest absolute Gasteiger partial charge is 0.497 e. The molecule has 0 bridgehead atoms. The van der Waals surface area contributed by atoms with Gasteiger partial charge in [0.05, 0.1) is 34.3 Å². The number of benzene rings is 4. The van der Waals surface area contributed by atoms with E-state index < -0.39 is 15.9 Å². The number of rotatable bonds is 9. The summed E-state index contributed by atoms with van der Waals surface area (Å²) in [5.74, 6) is 1.17. The lowest BCUT2D eigenvalue weighted by Gasteiger charge is -2.26. The molecule has 39 heavy (non-hydrogen) atoms. The van der Waals surface area contributed by atoms with Gasteiger partial charge >= 0.3 is 0 Å². The number of anilines is 1. The third-order valence-corrected chi connectivity index (χ3v) is 8.08. The number of nitrogens with one attached hydrogen (secondary N) is 1. The summed E-state index contributed by atoms with van der Waals surface area (Å²) in [5.41, 5.74) is 1.11. The van der Waals surface area contributed by atoms with E-state index in [4.69, 9.17) is 32.7 Å². The lowest BCUT2D eigenvalue weighted by atomic mass is 10.1. The van der Waals surface area contributed by atoms with Crippen molar-refractivity contribution in [2.75, 3.05) is 18.9 Å². The first-order valence-corrected chi connectivity index (χ1v) is 14.1. The Kier molecular flexibility index (Phi) is 8.70. The molecule has 0 heterocycles. The van der Waals surface area contributed by atoms with Crippen LogP contribution in [0.3, 0.4) is 0 Å². The molecule has 0 radical (unpaired) electrons. The van der Waals surface area contributed by atoms with E-state index in [1.54, 1.807) is 38.4 Å². The Morgan fingerprint density at radius 1 is 0.897 bits per heavy atom. The Balaban J connectivity index is 1.55. The Labute approximate surface area is 237 Å². The van der Waals surface area contributed by atoms with Crippen LogP contribution in [0, 0.1) is 0 Å². The molecule has 202 valence electrons. The number of methoxy groups -OCH3 is 1. The molecule has 1 amide bonds. The van der Waals surface area contributed by atoms with Gasteiger partial charge in [-0.05, 0) is 79.2 Å². The summed E-state index contributed by atoms with van der Waals surface area (Å²) < 4.78 is 39.9. The molecule has 4 rings (SSSR count). The van der Waals surface area contributed by atoms with Gasteiger partial charge < -0.3 is 14.4 Å². The third-order valence-electron chi connectivity index (χ3n) is 6.15. The predicted octanol–water partition coefficient (Wildman–Crippen LogP) is 7.43. The number of hydrogen-bond donors (Lipinski definition) is 1. The second-order valence-electron chi connectivity index (χ2n) is 8.66. The normalized spacial score (nSPS) is 11.9. The van der Waals surface area contributed by atoms with Crippen LogP contribution in [-0.4, -0.2) is 33.4 Å². The molecule has 0 aliphatic rings. The van der Waals surface area contributed by atoms with Crippen LogP contribution in [0.2, 0.25) is 10.0 Å². The summed E-state index contributed by atoms with van der Waals surface area (Å²) in [6, 6.07) is 24.3. The molecule has 0 aromatic heterocycles. The Hall–Kier alpha value is -3.72. The summed E-state index contributed by atoms with van der Waals surface area (Å²) >= 11 is 12.3. The Morgan fingerprint density at radius 2 is 1.54 bits per heavy atom. The lowest BCUT2D eigenvalue weighted by molar-refractivity contribution is 0.0743. The van der Waals surface area contributed by atoms with Gasteiger partial charge in [0.1, 0.15) is 17.2 Å². The average molecular weight is 586 g/mol. The number of ether oxygens (including phenoxy) is 2. The fourth-order valence-corrected chi connectivity index (χ4v) is 5.23. The third kappa shape index (κ3) is 6.65. The first-order chi connectivity index (χ1) is 18.6. The van der Waals surface area contributed by atoms with Crippen LogP contribution in [0.5, 0.6) is 17.2 Å². The van der Waals surface area contributed by atoms with E-state index in [2.05, 4.69) is 4.72 Å². The van der Waals surface area contributed by atoms with Gasteiger partial charge in [0, 0.05) is 12.1 Å². The summed E-state index contributed by atoms with van der Waals surface area (Å²) in [6.07, 6.45) is 0. The number of amides is 1. The number of hydrogen-bond acceptors (Lipinski definition) is 5. The molecule has 0 aliphatic carbocycles. The minimum atomic E-state index is -4.05. The van der Waals surface area contributed by atoms with Gasteiger partial charge in [0.15, 0.2) is 0 Å². The van der Waals surface area contributed by atoms with Gasteiger partial charge in [-0.15, -0.1) is 0 Å². The summed E-state index contributed by atoms with van der Waals surface area (Å²) in [4.78, 5) is 15.0. The number of para-hydroxylation sites is 1. The molecular weight excluding hydrogens is 559 g/mol. The van der Waals surface area contributed by atoms with E-state index in [0.29, 0.717) is 27.3 Å². The quantitative estimate of drug-likeness (QED) is 0.221. The number of carbonyl (C=O) groups excluding carboxylic acids is 1. The maximum atomic E-state index is 13.5. The van der Waals surface area contributed by atoms with Crippen LogP contribution in [-0.2, 0) is 10.0 Å². The maximum absolute atomic E-state index is 13.5. The highest BCUT2D eigenvalue weighted by Gasteiger charge is 2.24. The highest BCUT2D eigenvalue weighted by molar-refractivity contribution is 7.92. The lowest BCUT2D eigenvalue weighted by Crippen LogP contribution is -2.30. The molecule has 0 aliphatic heterocycles. The molecule has 1 N–H and O–H groups in total. The minimum absolute atomic E-state index is 0.0117. The van der Waals surface area contributed by atoms with Crippen molar-refractivity contribution in [3.05, 3.63) is 112 Å². The van der Waals surface area contributed by atoms with E-state index in [-0.39, 0.29) is 22.2 Å². The number of carbonyl (C=O) groups is 1. The highest BCUT2D eigenvalue weighted by atomic mass is 35.5. The van der Waals surface area contributed by atoms with Crippen molar-refractivity contribution in [2.24, 2.45) is 0 Å². The number of sulfonamides is 1. The molecular formula is C29H26Cl2N2O5S. The second-order valence-corrected chi connectivity index (χ2v) is 11.2. The number of nitrogens with zero attached hydrogens (tertiary/aromatic N) is 1. The van der Waals surface area contributed by atoms with Crippen molar-refractivity contribution in [1.82, 2.24) is 4.90 Å². The molecule has 1 atom stereocenters. The van der Waals surface area contributed by atoms with Crippen molar-refractivity contribution >= 4 is 44.8 Å². The van der Waals surface area contributed by atoms with Gasteiger partial charge in [0.25, 0.3) is 15.9 Å². The molecule has 0 spiro atoms. The van der Waals surface area contributed by atoms with Gasteiger partial charge in [-0.1, -0.05) is 47.5 Å². The van der Waals surface area contributed by atoms with E-state index >= 15 is 0 Å². The monoisotopic (exact) mass is 584 g/mol. The van der Waals surface area contributed by atoms with Crippen LogP contribution in [0.15, 0.2) is 95.9 Å². The SMILES string of the molecule is COc1ccc([C@H](C)N(C)C(=O)c2cc(Cl)ccc2NS(=O)(=O)c2ccc(Oc3ccccc3Cl)cc2)cc1. The standard InChI is InChI=1S/C29H26Cl2N2O5S/c1-19(20-8-11-22(37-3)12-9-20)33(2)29(34)25-18-21(30)10-17-27(25)32-39(35,36)24-15-13-23(14-16-24)38-28-7-5-4-6-26(28)31/h4-19,32H,1-3H3/t19-/m0/s1. The second kappa shape index (κ2) is 12.0. The molecule has 0 unspecified atom stereocenters. The summed E-state index contributed by atoms with van der Waals surface area (Å²) in [5, 5.41) is 0.731. The van der Waals surface area contributed by atoms with Crippen molar-refractivity contribution in [3.8, 4) is 17.2 Å². The summed E-state index contributed by atoms with van der Waals surface area (Å²) in [6.45, 7) is 1.88. The smallest absolute Gasteiger partial charge is 0.261 e. The van der Waals surface area contributed by atoms with Crippen LogP contribution in [0.1, 0.15) is 28.9 Å². The van der Waals surface area contributed by atoms with E-state index in [1.807, 2.05) is 31.2 Å². The van der Waals surface area contributed by atoms with Crippen LogP contribution >= 0.6 is 23.2 Å². The molecule has 4 aromatic carbocycles. The predicted molar refractivity (Wildman–Crippen MR) is 154 cm³/mol. The van der Waals surface area contributed by atoms with Crippen LogP contribution in [0.4, 0.5) is 5.69 Å². The molecule has 4 aromatic rings. The summed E-state index contributed by atoms with van der Waals surface area (Å²) in [7, 11) is -0.816. The van der Waals surface area contributed by atoms with Gasteiger partial charge in [-0.2, -0.15) is 0 Å². The van der Waals surface area contributed by atoms with Gasteiger partial charge in [-0.3, -0.25) is 9.52 Å². The first-order valence-electron chi connectivity index (χ1n) is 11.8. The fourth-order valence-electron chi connectivity index (χ4n) is 3.80. The Bertz CT molecular complexity index is 1580. The molecule has 0 fully saturated rings. The zero-order valence-corrected chi connectivity index (χ0v) is 23.7. The van der Waals surface area contributed by atoms with Gasteiger partial charge in [-0.25, -0.2) is 8.42 Å². The van der Waals surface area contributed by atoms with Crippen LogP contribution < -0.4 is 14.2 Å². The van der Waals surface area contributed by atoms with Crippen molar-refractivity contribution < 1.29 is 22.7 Å². The maximum Gasteiger partial charge on any atom is 0.261 e. The van der Waals surface area contributed by atoms with Crippen molar-refractivity contribution in [1.29, 1.82) is 0 Å². The van der Waals surface area contributed by atoms with Gasteiger partial charge in [0.2, 0.25) is 0 Å². The number of halogens is 2. The zero-order valence-electron chi connectivity index (χ0n) is 21.4. The topological polar surface area (TPSA) is 84.9 Å². The van der Waals surface area contributed by atoms with E-state index in [9.17, 15) is 13.2 Å².